The van der Waals surface area contributed by atoms with E-state index in [1.165, 1.54) is 28.0 Å². The highest BCUT2D eigenvalue weighted by molar-refractivity contribution is 7.15. The Morgan fingerprint density at radius 1 is 1.00 bits per heavy atom. The minimum absolute atomic E-state index is 0.150. The number of hydrogen-bond donors (Lipinski definition) is 2. The van der Waals surface area contributed by atoms with Gasteiger partial charge in [0.2, 0.25) is 5.95 Å². The molecule has 0 aliphatic rings. The molecule has 5 rings (SSSR count). The molecule has 13 heteroatoms. The maximum Gasteiger partial charge on any atom is 0.416 e. The number of hydrogen-bond acceptors (Lipinski definition) is 8. The van der Waals surface area contributed by atoms with E-state index in [1.807, 2.05) is 13.8 Å². The van der Waals surface area contributed by atoms with E-state index < -0.39 is 23.3 Å². The number of carbonyl (C=O) groups excluding carboxylic acids is 1. The second kappa shape index (κ2) is 10.2. The molecule has 3 aromatic heterocycles. The molecule has 1 amide bonds. The van der Waals surface area contributed by atoms with Gasteiger partial charge in [-0.05, 0) is 63.6 Å². The Balaban J connectivity index is 1.48. The number of carbonyl (C=O) groups is 1. The lowest BCUT2D eigenvalue weighted by Gasteiger charge is -2.16. The van der Waals surface area contributed by atoms with Gasteiger partial charge in [0.05, 0.1) is 27.3 Å². The predicted molar refractivity (Wildman–Crippen MR) is 147 cm³/mol. The van der Waals surface area contributed by atoms with Crippen molar-refractivity contribution in [1.82, 2.24) is 24.5 Å². The fourth-order valence-corrected chi connectivity index (χ4v) is 4.99. The number of thiazole rings is 1. The van der Waals surface area contributed by atoms with Crippen LogP contribution in [0.25, 0.3) is 16.7 Å². The quantitative estimate of drug-likeness (QED) is 0.274. The summed E-state index contributed by atoms with van der Waals surface area (Å²) in [6.07, 6.45) is -3.00. The highest BCUT2D eigenvalue weighted by Crippen LogP contribution is 2.30. The topological polar surface area (TPSA) is 115 Å². The number of rotatable bonds is 5. The average Bonchev–Trinajstić information content (AvgIpc) is 3.21. The van der Waals surface area contributed by atoms with Crippen molar-refractivity contribution in [3.8, 4) is 5.69 Å². The van der Waals surface area contributed by atoms with Crippen molar-refractivity contribution in [2.75, 3.05) is 10.6 Å². The van der Waals surface area contributed by atoms with Crippen LogP contribution in [-0.2, 0) is 6.18 Å². The predicted octanol–water partition coefficient (Wildman–Crippen LogP) is 5.88. The molecule has 2 aromatic carbocycles. The largest absolute Gasteiger partial charge is 0.416 e. The molecule has 3 heterocycles. The van der Waals surface area contributed by atoms with Gasteiger partial charge in [-0.2, -0.15) is 23.1 Å². The van der Waals surface area contributed by atoms with Gasteiger partial charge in [0.1, 0.15) is 5.00 Å². The van der Waals surface area contributed by atoms with E-state index >= 15 is 0 Å². The Bertz CT molecular complexity index is 1850. The van der Waals surface area contributed by atoms with E-state index in [4.69, 9.17) is 0 Å². The van der Waals surface area contributed by atoms with Crippen molar-refractivity contribution in [3.05, 3.63) is 92.2 Å². The van der Waals surface area contributed by atoms with Gasteiger partial charge in [0, 0.05) is 23.1 Å². The minimum Gasteiger partial charge on any atom is -0.322 e. The Labute approximate surface area is 229 Å². The molecule has 204 valence electrons. The summed E-state index contributed by atoms with van der Waals surface area (Å²) in [6.45, 7) is 7.27. The molecule has 0 aliphatic carbocycles. The molecule has 0 fully saturated rings. The minimum atomic E-state index is -4.57. The lowest BCUT2D eigenvalue weighted by atomic mass is 10.1. The van der Waals surface area contributed by atoms with E-state index in [9.17, 15) is 22.8 Å². The van der Waals surface area contributed by atoms with Crippen LogP contribution in [0.15, 0.2) is 53.5 Å². The van der Waals surface area contributed by atoms with Gasteiger partial charge >= 0.3 is 11.9 Å². The van der Waals surface area contributed by atoms with Crippen LogP contribution in [0.1, 0.15) is 37.9 Å². The fourth-order valence-electron chi connectivity index (χ4n) is 4.18. The smallest absolute Gasteiger partial charge is 0.322 e. The number of anilines is 3. The van der Waals surface area contributed by atoms with Crippen molar-refractivity contribution in [2.24, 2.45) is 0 Å². The summed E-state index contributed by atoms with van der Waals surface area (Å²) in [5.41, 5.74) is 1.31. The molecule has 0 aliphatic heterocycles. The lowest BCUT2D eigenvalue weighted by Crippen LogP contribution is -2.25. The Hall–Kier alpha value is -4.65. The molecular formula is C27H22F3N7O2S. The molecule has 5 aromatic rings. The molecule has 0 saturated carbocycles. The average molecular weight is 566 g/mol. The van der Waals surface area contributed by atoms with Crippen molar-refractivity contribution >= 4 is 44.9 Å². The van der Waals surface area contributed by atoms with E-state index in [2.05, 4.69) is 30.6 Å². The third-order valence-corrected chi connectivity index (χ3v) is 7.16. The van der Waals surface area contributed by atoms with Gasteiger partial charge in [-0.15, -0.1) is 11.3 Å². The SMILES string of the molecule is Cc1nc(C)c(Nc2ncc3c(C)n(-c4cc(NC(=O)c5cccc(C(F)(F)F)c5)ccc4C)c(=O)nc3n2)s1. The van der Waals surface area contributed by atoms with Gasteiger partial charge in [0.25, 0.3) is 5.91 Å². The monoisotopic (exact) mass is 565 g/mol. The summed E-state index contributed by atoms with van der Waals surface area (Å²) in [5, 5.41) is 7.95. The first-order chi connectivity index (χ1) is 18.9. The number of alkyl halides is 3. The number of nitrogens with one attached hydrogen (secondary N) is 2. The number of halogens is 3. The summed E-state index contributed by atoms with van der Waals surface area (Å²) in [4.78, 5) is 43.2. The lowest BCUT2D eigenvalue weighted by molar-refractivity contribution is -0.137. The van der Waals surface area contributed by atoms with Crippen molar-refractivity contribution in [1.29, 1.82) is 0 Å². The van der Waals surface area contributed by atoms with Crippen molar-refractivity contribution in [3.63, 3.8) is 0 Å². The molecule has 0 radical (unpaired) electrons. The van der Waals surface area contributed by atoms with E-state index in [0.717, 1.165) is 27.8 Å². The second-order valence-electron chi connectivity index (χ2n) is 9.05. The van der Waals surface area contributed by atoms with Crippen LogP contribution >= 0.6 is 11.3 Å². The van der Waals surface area contributed by atoms with E-state index in [-0.39, 0.29) is 17.2 Å². The van der Waals surface area contributed by atoms with Gasteiger partial charge in [-0.3, -0.25) is 9.36 Å². The van der Waals surface area contributed by atoms with Crippen molar-refractivity contribution < 1.29 is 18.0 Å². The number of aromatic nitrogens is 5. The first kappa shape index (κ1) is 26.9. The van der Waals surface area contributed by atoms with Crippen LogP contribution in [0.3, 0.4) is 0 Å². The Kier molecular flexibility index (Phi) is 6.84. The van der Waals surface area contributed by atoms with Crippen molar-refractivity contribution in [2.45, 2.75) is 33.9 Å². The van der Waals surface area contributed by atoms with Crippen LogP contribution in [0.2, 0.25) is 0 Å². The zero-order chi connectivity index (χ0) is 28.8. The first-order valence-corrected chi connectivity index (χ1v) is 12.8. The molecule has 40 heavy (non-hydrogen) atoms. The molecule has 0 unspecified atom stereocenters. The number of aryl methyl sites for hydroxylation is 4. The molecular weight excluding hydrogens is 543 g/mol. The fraction of sp³-hybridized carbons (Fsp3) is 0.185. The van der Waals surface area contributed by atoms with E-state index in [1.54, 1.807) is 38.2 Å². The standard InChI is InChI=1S/C27H22F3N7O2S/c1-13-8-9-19(33-23(38)17-6-5-7-18(10-17)27(28,29)30)11-21(13)37-15(3)20-12-31-25(34-22(20)35-26(37)39)36-24-14(2)32-16(4)40-24/h5-12H,1-4H3,(H,33,38)(H,34,35,36,39). The maximum absolute atomic E-state index is 13.2. The normalized spacial score (nSPS) is 11.6. The van der Waals surface area contributed by atoms with Crippen LogP contribution in [0.5, 0.6) is 0 Å². The summed E-state index contributed by atoms with van der Waals surface area (Å²) in [5.74, 6) is -0.444. The number of fused-ring (bicyclic) bond motifs is 1. The van der Waals surface area contributed by atoms with Gasteiger partial charge in [-0.1, -0.05) is 12.1 Å². The van der Waals surface area contributed by atoms with Gasteiger partial charge < -0.3 is 10.6 Å². The zero-order valence-electron chi connectivity index (χ0n) is 21.7. The third kappa shape index (κ3) is 5.27. The highest BCUT2D eigenvalue weighted by Gasteiger charge is 2.31. The van der Waals surface area contributed by atoms with Gasteiger partial charge in [-0.25, -0.2) is 14.8 Å². The summed E-state index contributed by atoms with van der Waals surface area (Å²) in [7, 11) is 0. The highest BCUT2D eigenvalue weighted by atomic mass is 32.1. The first-order valence-electron chi connectivity index (χ1n) is 12.0. The number of amides is 1. The number of nitrogens with zero attached hydrogens (tertiary/aromatic N) is 5. The molecule has 0 bridgehead atoms. The third-order valence-electron chi connectivity index (χ3n) is 6.18. The second-order valence-corrected chi connectivity index (χ2v) is 10.3. The maximum atomic E-state index is 13.2. The van der Waals surface area contributed by atoms with E-state index in [0.29, 0.717) is 28.0 Å². The van der Waals surface area contributed by atoms with Crippen LogP contribution in [0.4, 0.5) is 29.8 Å². The molecule has 9 nitrogen and oxygen atoms in total. The summed E-state index contributed by atoms with van der Waals surface area (Å²) >= 11 is 1.46. The summed E-state index contributed by atoms with van der Waals surface area (Å²) < 4.78 is 40.6. The number of benzene rings is 2. The molecule has 0 saturated heterocycles. The van der Waals surface area contributed by atoms with Crippen LogP contribution in [0, 0.1) is 27.7 Å². The molecule has 2 N–H and O–H groups in total. The Morgan fingerprint density at radius 2 is 1.77 bits per heavy atom. The van der Waals surface area contributed by atoms with Crippen LogP contribution in [-0.4, -0.2) is 30.4 Å². The summed E-state index contributed by atoms with van der Waals surface area (Å²) in [6, 6.07) is 9.00. The Morgan fingerprint density at radius 3 is 2.48 bits per heavy atom. The molecule has 0 spiro atoms. The van der Waals surface area contributed by atoms with Crippen LogP contribution < -0.4 is 16.3 Å². The zero-order valence-corrected chi connectivity index (χ0v) is 22.5. The van der Waals surface area contributed by atoms with Gasteiger partial charge in [0.15, 0.2) is 5.65 Å². The molecule has 0 atom stereocenters.